The first-order chi connectivity index (χ1) is 13.3. The second-order valence-electron chi connectivity index (χ2n) is 6.20. The summed E-state index contributed by atoms with van der Waals surface area (Å²) in [7, 11) is -1.75. The summed E-state index contributed by atoms with van der Waals surface area (Å²) in [6.07, 6.45) is 0.529. The van der Waals surface area contributed by atoms with Crippen LogP contribution in [0.1, 0.15) is 13.3 Å². The molecule has 3 rings (SSSR count). The molecule has 0 unspecified atom stereocenters. The van der Waals surface area contributed by atoms with Crippen LogP contribution in [0, 0.1) is 0 Å². The van der Waals surface area contributed by atoms with Crippen LogP contribution in [-0.4, -0.2) is 37.9 Å². The number of nitrogens with one attached hydrogen (secondary N) is 1. The highest BCUT2D eigenvalue weighted by atomic mass is 32.2. The van der Waals surface area contributed by atoms with Crippen molar-refractivity contribution < 1.29 is 13.2 Å². The van der Waals surface area contributed by atoms with Crippen molar-refractivity contribution in [2.24, 2.45) is 0 Å². The van der Waals surface area contributed by atoms with E-state index in [1.54, 1.807) is 54.4 Å². The van der Waals surface area contributed by atoms with Gasteiger partial charge in [0.2, 0.25) is 15.9 Å². The molecule has 3 aromatic rings. The Balaban J connectivity index is 1.49. The molecule has 0 radical (unpaired) electrons. The summed E-state index contributed by atoms with van der Waals surface area (Å²) in [6, 6.07) is 14.7. The molecule has 0 aliphatic rings. The SMILES string of the molecule is CC(=O)N(C)c1ccc(NS(=O)(=O)CCCSc2nc3ccccc3s2)cc1. The van der Waals surface area contributed by atoms with Gasteiger partial charge >= 0.3 is 0 Å². The number of amides is 1. The van der Waals surface area contributed by atoms with Gasteiger partial charge in [0.25, 0.3) is 0 Å². The van der Waals surface area contributed by atoms with Crippen LogP contribution in [0.4, 0.5) is 11.4 Å². The lowest BCUT2D eigenvalue weighted by molar-refractivity contribution is -0.116. The summed E-state index contributed by atoms with van der Waals surface area (Å²) in [5.74, 6) is 0.641. The maximum atomic E-state index is 12.3. The zero-order valence-corrected chi connectivity index (χ0v) is 18.0. The molecule has 1 heterocycles. The lowest BCUT2D eigenvalue weighted by Gasteiger charge is -2.15. The Hall–Kier alpha value is -2.10. The third-order valence-corrected chi connectivity index (χ3v) is 7.70. The Labute approximate surface area is 173 Å². The minimum atomic E-state index is -3.42. The lowest BCUT2D eigenvalue weighted by atomic mass is 10.2. The summed E-state index contributed by atoms with van der Waals surface area (Å²) in [4.78, 5) is 17.4. The molecule has 6 nitrogen and oxygen atoms in total. The Kier molecular flexibility index (Phi) is 6.58. The topological polar surface area (TPSA) is 79.4 Å². The Morgan fingerprint density at radius 1 is 1.18 bits per heavy atom. The van der Waals surface area contributed by atoms with E-state index in [1.807, 2.05) is 24.3 Å². The molecule has 2 aromatic carbocycles. The number of para-hydroxylation sites is 1. The van der Waals surface area contributed by atoms with Crippen molar-refractivity contribution in [3.05, 3.63) is 48.5 Å². The van der Waals surface area contributed by atoms with Gasteiger partial charge in [0.15, 0.2) is 4.34 Å². The smallest absolute Gasteiger partial charge is 0.232 e. The second-order valence-corrected chi connectivity index (χ2v) is 10.4. The molecule has 148 valence electrons. The summed E-state index contributed by atoms with van der Waals surface area (Å²) in [5.41, 5.74) is 2.17. The highest BCUT2D eigenvalue weighted by Crippen LogP contribution is 2.29. The summed E-state index contributed by atoms with van der Waals surface area (Å²) in [5, 5.41) is 0. The molecule has 0 saturated carbocycles. The van der Waals surface area contributed by atoms with Gasteiger partial charge in [-0.2, -0.15) is 0 Å². The molecule has 0 saturated heterocycles. The summed E-state index contributed by atoms with van der Waals surface area (Å²) >= 11 is 3.20. The van der Waals surface area contributed by atoms with Gasteiger partial charge in [0, 0.05) is 31.1 Å². The molecular formula is C19H21N3O3S3. The van der Waals surface area contributed by atoms with Gasteiger partial charge in [-0.05, 0) is 42.8 Å². The predicted molar refractivity (Wildman–Crippen MR) is 118 cm³/mol. The first-order valence-corrected chi connectivity index (χ1v) is 12.1. The fraction of sp³-hybridized carbons (Fsp3) is 0.263. The molecule has 28 heavy (non-hydrogen) atoms. The van der Waals surface area contributed by atoms with Gasteiger partial charge in [-0.3, -0.25) is 9.52 Å². The number of nitrogens with zero attached hydrogens (tertiary/aromatic N) is 2. The van der Waals surface area contributed by atoms with E-state index in [0.717, 1.165) is 14.6 Å². The van der Waals surface area contributed by atoms with Gasteiger partial charge in [0.05, 0.1) is 16.0 Å². The number of hydrogen-bond donors (Lipinski definition) is 1. The monoisotopic (exact) mass is 435 g/mol. The maximum Gasteiger partial charge on any atom is 0.232 e. The molecule has 0 spiro atoms. The second kappa shape index (κ2) is 8.93. The highest BCUT2D eigenvalue weighted by molar-refractivity contribution is 8.01. The van der Waals surface area contributed by atoms with E-state index < -0.39 is 10.0 Å². The molecule has 0 bridgehead atoms. The zero-order chi connectivity index (χ0) is 20.1. The van der Waals surface area contributed by atoms with Crippen LogP contribution in [0.5, 0.6) is 0 Å². The third kappa shape index (κ3) is 5.46. The number of sulfonamides is 1. The van der Waals surface area contributed by atoms with Gasteiger partial charge in [-0.15, -0.1) is 11.3 Å². The molecule has 1 amide bonds. The molecule has 0 aliphatic carbocycles. The van der Waals surface area contributed by atoms with Gasteiger partial charge in [-0.25, -0.2) is 13.4 Å². The van der Waals surface area contributed by atoms with Crippen molar-refractivity contribution in [1.82, 2.24) is 4.98 Å². The minimum absolute atomic E-state index is 0.0417. The van der Waals surface area contributed by atoms with E-state index in [-0.39, 0.29) is 11.7 Å². The average Bonchev–Trinajstić information content (AvgIpc) is 3.08. The number of carbonyl (C=O) groups excluding carboxylic acids is 1. The van der Waals surface area contributed by atoms with Crippen LogP contribution in [-0.2, 0) is 14.8 Å². The van der Waals surface area contributed by atoms with E-state index >= 15 is 0 Å². The van der Waals surface area contributed by atoms with Crippen LogP contribution in [0.25, 0.3) is 10.2 Å². The third-order valence-electron chi connectivity index (χ3n) is 4.06. The van der Waals surface area contributed by atoms with Crippen molar-refractivity contribution in [2.75, 3.05) is 28.2 Å². The number of benzene rings is 2. The first-order valence-electron chi connectivity index (χ1n) is 8.67. The van der Waals surface area contributed by atoms with Crippen LogP contribution in [0.2, 0.25) is 0 Å². The molecular weight excluding hydrogens is 414 g/mol. The van der Waals surface area contributed by atoms with E-state index in [9.17, 15) is 13.2 Å². The molecule has 9 heteroatoms. The van der Waals surface area contributed by atoms with Crippen molar-refractivity contribution in [3.8, 4) is 0 Å². The van der Waals surface area contributed by atoms with Gasteiger partial charge in [0.1, 0.15) is 0 Å². The normalized spacial score (nSPS) is 11.5. The average molecular weight is 436 g/mol. The first kappa shape index (κ1) is 20.6. The largest absolute Gasteiger partial charge is 0.316 e. The minimum Gasteiger partial charge on any atom is -0.316 e. The predicted octanol–water partition coefficient (Wildman–Crippen LogP) is 4.20. The molecule has 0 fully saturated rings. The molecule has 0 atom stereocenters. The molecule has 1 aromatic heterocycles. The Morgan fingerprint density at radius 2 is 1.89 bits per heavy atom. The summed E-state index contributed by atoms with van der Waals surface area (Å²) < 4.78 is 29.2. The van der Waals surface area contributed by atoms with E-state index in [1.165, 1.54) is 11.8 Å². The highest BCUT2D eigenvalue weighted by Gasteiger charge is 2.12. The Morgan fingerprint density at radius 3 is 2.57 bits per heavy atom. The quantitative estimate of drug-likeness (QED) is 0.424. The van der Waals surface area contributed by atoms with Crippen molar-refractivity contribution >= 4 is 60.6 Å². The molecule has 1 N–H and O–H groups in total. The maximum absolute atomic E-state index is 12.3. The lowest BCUT2D eigenvalue weighted by Crippen LogP contribution is -2.22. The number of thioether (sulfide) groups is 1. The number of fused-ring (bicyclic) bond motifs is 1. The van der Waals surface area contributed by atoms with E-state index in [2.05, 4.69) is 9.71 Å². The number of rotatable bonds is 8. The number of carbonyl (C=O) groups is 1. The van der Waals surface area contributed by atoms with Crippen LogP contribution < -0.4 is 9.62 Å². The van der Waals surface area contributed by atoms with Crippen molar-refractivity contribution in [3.63, 3.8) is 0 Å². The van der Waals surface area contributed by atoms with Crippen molar-refractivity contribution in [1.29, 1.82) is 0 Å². The zero-order valence-electron chi connectivity index (χ0n) is 15.6. The van der Waals surface area contributed by atoms with E-state index in [0.29, 0.717) is 23.5 Å². The fourth-order valence-electron chi connectivity index (χ4n) is 2.49. The van der Waals surface area contributed by atoms with E-state index in [4.69, 9.17) is 0 Å². The van der Waals surface area contributed by atoms with Crippen molar-refractivity contribution in [2.45, 2.75) is 17.7 Å². The van der Waals surface area contributed by atoms with Gasteiger partial charge < -0.3 is 4.90 Å². The van der Waals surface area contributed by atoms with Crippen LogP contribution >= 0.6 is 23.1 Å². The van der Waals surface area contributed by atoms with Crippen LogP contribution in [0.15, 0.2) is 52.9 Å². The standard InChI is InChI=1S/C19H21N3O3S3/c1-14(23)22(2)16-10-8-15(9-11-16)21-28(24,25)13-5-12-26-19-20-17-6-3-4-7-18(17)27-19/h3-4,6-11,21H,5,12-13H2,1-2H3. The number of aromatic nitrogens is 1. The Bertz CT molecular complexity index is 1030. The number of hydrogen-bond acceptors (Lipinski definition) is 6. The fourth-order valence-corrected chi connectivity index (χ4v) is 5.87. The van der Waals surface area contributed by atoms with Crippen LogP contribution in [0.3, 0.4) is 0 Å². The number of anilines is 2. The van der Waals surface area contributed by atoms with Gasteiger partial charge in [-0.1, -0.05) is 23.9 Å². The molecule has 0 aliphatic heterocycles. The number of thiazole rings is 1. The summed E-state index contributed by atoms with van der Waals surface area (Å²) in [6.45, 7) is 1.48.